The number of carbonyl (C=O) groups excluding carboxylic acids is 2. The smallest absolute Gasteiger partial charge is 0.313 e. The van der Waals surface area contributed by atoms with E-state index in [2.05, 4.69) is 10.6 Å². The zero-order valence-electron chi connectivity index (χ0n) is 12.0. The molecule has 0 aromatic heterocycles. The summed E-state index contributed by atoms with van der Waals surface area (Å²) in [6, 6.07) is 5.34. The van der Waals surface area contributed by atoms with Crippen molar-refractivity contribution in [3.63, 3.8) is 0 Å². The molecule has 0 bridgehead atoms. The van der Waals surface area contributed by atoms with Crippen LogP contribution in [0.15, 0.2) is 18.2 Å². The largest absolute Gasteiger partial charge is 0.495 e. The van der Waals surface area contributed by atoms with Gasteiger partial charge in [-0.2, -0.15) is 0 Å². The minimum absolute atomic E-state index is 0.394. The fourth-order valence-electron chi connectivity index (χ4n) is 1.60. The molecule has 0 saturated heterocycles. The summed E-state index contributed by atoms with van der Waals surface area (Å²) in [7, 11) is 3.09. The summed E-state index contributed by atoms with van der Waals surface area (Å²) in [5.74, 6) is -0.882. The number of aryl methyl sites for hydroxylation is 1. The lowest BCUT2D eigenvalue weighted by atomic mass is 10.2. The molecule has 0 radical (unpaired) electrons. The van der Waals surface area contributed by atoms with E-state index in [4.69, 9.17) is 9.47 Å². The molecule has 6 heteroatoms. The van der Waals surface area contributed by atoms with E-state index in [-0.39, 0.29) is 0 Å². The highest BCUT2D eigenvalue weighted by molar-refractivity contribution is 6.39. The fraction of sp³-hybridized carbons (Fsp3) is 0.429. The third-order valence-corrected chi connectivity index (χ3v) is 2.62. The molecule has 0 spiro atoms. The molecule has 1 aromatic carbocycles. The van der Waals surface area contributed by atoms with Crippen molar-refractivity contribution >= 4 is 17.5 Å². The fourth-order valence-corrected chi connectivity index (χ4v) is 1.60. The molecule has 0 unspecified atom stereocenters. The van der Waals surface area contributed by atoms with Gasteiger partial charge >= 0.3 is 11.8 Å². The first-order valence-corrected chi connectivity index (χ1v) is 6.31. The molecule has 0 aliphatic heterocycles. The molecule has 0 atom stereocenters. The number of ether oxygens (including phenoxy) is 2. The van der Waals surface area contributed by atoms with Crippen LogP contribution in [0.25, 0.3) is 0 Å². The number of rotatable bonds is 6. The van der Waals surface area contributed by atoms with Gasteiger partial charge in [-0.15, -0.1) is 0 Å². The topological polar surface area (TPSA) is 76.7 Å². The highest BCUT2D eigenvalue weighted by Crippen LogP contribution is 2.24. The van der Waals surface area contributed by atoms with Crippen LogP contribution < -0.4 is 15.4 Å². The van der Waals surface area contributed by atoms with Gasteiger partial charge in [0.25, 0.3) is 0 Å². The lowest BCUT2D eigenvalue weighted by Gasteiger charge is -2.11. The maximum Gasteiger partial charge on any atom is 0.313 e. The van der Waals surface area contributed by atoms with Gasteiger partial charge in [-0.3, -0.25) is 9.59 Å². The summed E-state index contributed by atoms with van der Waals surface area (Å²) in [6.07, 6.45) is 0.656. The Morgan fingerprint density at radius 2 is 1.95 bits per heavy atom. The number of hydrogen-bond acceptors (Lipinski definition) is 4. The van der Waals surface area contributed by atoms with Crippen molar-refractivity contribution in [1.82, 2.24) is 5.32 Å². The zero-order chi connectivity index (χ0) is 15.0. The molecule has 6 nitrogen and oxygen atoms in total. The van der Waals surface area contributed by atoms with Gasteiger partial charge in [-0.1, -0.05) is 6.07 Å². The van der Waals surface area contributed by atoms with Crippen LogP contribution in [0.4, 0.5) is 5.69 Å². The van der Waals surface area contributed by atoms with E-state index >= 15 is 0 Å². The Morgan fingerprint density at radius 3 is 2.60 bits per heavy atom. The molecule has 2 N–H and O–H groups in total. The summed E-state index contributed by atoms with van der Waals surface area (Å²) in [5.41, 5.74) is 1.44. The molecule has 1 rings (SSSR count). The number of methoxy groups -OCH3 is 2. The highest BCUT2D eigenvalue weighted by atomic mass is 16.5. The van der Waals surface area contributed by atoms with Crippen molar-refractivity contribution in [2.45, 2.75) is 13.3 Å². The van der Waals surface area contributed by atoms with Crippen molar-refractivity contribution in [2.24, 2.45) is 0 Å². The summed E-state index contributed by atoms with van der Waals surface area (Å²) in [5, 5.41) is 5.05. The second-order valence-electron chi connectivity index (χ2n) is 4.26. The maximum absolute atomic E-state index is 11.7. The minimum Gasteiger partial charge on any atom is -0.495 e. The first-order chi connectivity index (χ1) is 9.58. The third kappa shape index (κ3) is 4.89. The number of carbonyl (C=O) groups is 2. The Labute approximate surface area is 118 Å². The van der Waals surface area contributed by atoms with Crippen LogP contribution in [-0.4, -0.2) is 39.2 Å². The van der Waals surface area contributed by atoms with Gasteiger partial charge in [-0.25, -0.2) is 0 Å². The van der Waals surface area contributed by atoms with E-state index in [1.54, 1.807) is 19.2 Å². The van der Waals surface area contributed by atoms with Crippen LogP contribution in [0.5, 0.6) is 5.75 Å². The second-order valence-corrected chi connectivity index (χ2v) is 4.26. The van der Waals surface area contributed by atoms with Crippen molar-refractivity contribution in [3.8, 4) is 5.75 Å². The monoisotopic (exact) mass is 280 g/mol. The van der Waals surface area contributed by atoms with Gasteiger partial charge in [-0.05, 0) is 31.0 Å². The van der Waals surface area contributed by atoms with Gasteiger partial charge in [0.05, 0.1) is 12.8 Å². The van der Waals surface area contributed by atoms with Crippen LogP contribution in [0, 0.1) is 6.92 Å². The molecule has 0 saturated carbocycles. The van der Waals surface area contributed by atoms with E-state index < -0.39 is 11.8 Å². The van der Waals surface area contributed by atoms with Crippen LogP contribution in [-0.2, 0) is 14.3 Å². The van der Waals surface area contributed by atoms with E-state index in [0.29, 0.717) is 31.0 Å². The van der Waals surface area contributed by atoms with Gasteiger partial charge in [0.15, 0.2) is 0 Å². The number of anilines is 1. The first kappa shape index (κ1) is 16.0. The normalized spacial score (nSPS) is 9.95. The predicted octanol–water partition coefficient (Wildman–Crippen LogP) is 1.09. The molecule has 1 aromatic rings. The average molecular weight is 280 g/mol. The van der Waals surface area contributed by atoms with Gasteiger partial charge in [0.1, 0.15) is 5.75 Å². The summed E-state index contributed by atoms with van der Waals surface area (Å²) in [6.45, 7) is 2.82. The molecule has 0 aliphatic rings. The van der Waals surface area contributed by atoms with E-state index in [1.807, 2.05) is 13.0 Å². The molecule has 0 heterocycles. The van der Waals surface area contributed by atoms with Gasteiger partial charge in [0.2, 0.25) is 0 Å². The molecule has 0 fully saturated rings. The van der Waals surface area contributed by atoms with E-state index in [9.17, 15) is 9.59 Å². The SMILES string of the molecule is COCCCNC(=O)C(=O)Nc1cc(C)ccc1OC. The van der Waals surface area contributed by atoms with E-state index in [0.717, 1.165) is 5.56 Å². The second kappa shape index (κ2) is 8.16. The van der Waals surface area contributed by atoms with Crippen LogP contribution in [0.2, 0.25) is 0 Å². The number of benzene rings is 1. The van der Waals surface area contributed by atoms with Gasteiger partial charge in [0, 0.05) is 20.3 Å². The Hall–Kier alpha value is -2.08. The standard InChI is InChI=1S/C14H20N2O4/c1-10-5-6-12(20-3)11(9-10)16-14(18)13(17)15-7-4-8-19-2/h5-6,9H,4,7-8H2,1-3H3,(H,15,17)(H,16,18). The van der Waals surface area contributed by atoms with Crippen LogP contribution >= 0.6 is 0 Å². The third-order valence-electron chi connectivity index (χ3n) is 2.62. The van der Waals surface area contributed by atoms with Crippen LogP contribution in [0.1, 0.15) is 12.0 Å². The molecule has 20 heavy (non-hydrogen) atoms. The Balaban J connectivity index is 2.57. The highest BCUT2D eigenvalue weighted by Gasteiger charge is 2.15. The Kier molecular flexibility index (Phi) is 6.52. The predicted molar refractivity (Wildman–Crippen MR) is 75.9 cm³/mol. The molecule has 0 aliphatic carbocycles. The van der Waals surface area contributed by atoms with Crippen molar-refractivity contribution in [3.05, 3.63) is 23.8 Å². The number of nitrogens with one attached hydrogen (secondary N) is 2. The molecule has 110 valence electrons. The summed E-state index contributed by atoms with van der Waals surface area (Å²) >= 11 is 0. The zero-order valence-corrected chi connectivity index (χ0v) is 12.0. The van der Waals surface area contributed by atoms with Crippen molar-refractivity contribution < 1.29 is 19.1 Å². The van der Waals surface area contributed by atoms with Crippen LogP contribution in [0.3, 0.4) is 0 Å². The summed E-state index contributed by atoms with van der Waals surface area (Å²) < 4.78 is 9.99. The maximum atomic E-state index is 11.7. The Morgan fingerprint density at radius 1 is 1.20 bits per heavy atom. The first-order valence-electron chi connectivity index (χ1n) is 6.31. The number of amides is 2. The average Bonchev–Trinajstić information content (AvgIpc) is 2.43. The molecular formula is C14H20N2O4. The lowest BCUT2D eigenvalue weighted by molar-refractivity contribution is -0.136. The number of hydrogen-bond donors (Lipinski definition) is 2. The molecular weight excluding hydrogens is 260 g/mol. The molecule has 2 amide bonds. The lowest BCUT2D eigenvalue weighted by Crippen LogP contribution is -2.36. The van der Waals surface area contributed by atoms with Crippen molar-refractivity contribution in [2.75, 3.05) is 32.7 Å². The summed E-state index contributed by atoms with van der Waals surface area (Å²) in [4.78, 5) is 23.3. The Bertz CT molecular complexity index is 474. The minimum atomic E-state index is -0.716. The van der Waals surface area contributed by atoms with Crippen molar-refractivity contribution in [1.29, 1.82) is 0 Å². The van der Waals surface area contributed by atoms with Gasteiger partial charge < -0.3 is 20.1 Å². The quantitative estimate of drug-likeness (QED) is 0.604. The van der Waals surface area contributed by atoms with E-state index in [1.165, 1.54) is 7.11 Å².